The maximum absolute atomic E-state index is 13.8. The molecule has 0 heterocycles. The first kappa shape index (κ1) is 30.1. The van der Waals surface area contributed by atoms with Gasteiger partial charge in [0.05, 0.1) is 14.2 Å². The summed E-state index contributed by atoms with van der Waals surface area (Å²) < 4.78 is 16.5. The van der Waals surface area contributed by atoms with Gasteiger partial charge >= 0.3 is 0 Å². The monoisotopic (exact) mass is 572 g/mol. The van der Waals surface area contributed by atoms with Crippen molar-refractivity contribution >= 4 is 35.0 Å². The van der Waals surface area contributed by atoms with E-state index < -0.39 is 11.9 Å². The van der Waals surface area contributed by atoms with Crippen LogP contribution in [0.5, 0.6) is 17.2 Å². The van der Waals surface area contributed by atoms with Crippen LogP contribution in [-0.2, 0) is 22.6 Å². The van der Waals surface area contributed by atoms with Gasteiger partial charge in [-0.15, -0.1) is 0 Å². The van der Waals surface area contributed by atoms with E-state index in [2.05, 4.69) is 5.32 Å². The minimum atomic E-state index is -0.838. The van der Waals surface area contributed by atoms with Crippen molar-refractivity contribution in [2.45, 2.75) is 32.9 Å². The van der Waals surface area contributed by atoms with E-state index in [9.17, 15) is 9.59 Å². The van der Waals surface area contributed by atoms with Gasteiger partial charge in [-0.3, -0.25) is 9.59 Å². The predicted octanol–water partition coefficient (Wildman–Crippen LogP) is 5.80. The van der Waals surface area contributed by atoms with Crippen molar-refractivity contribution in [3.63, 3.8) is 0 Å². The van der Waals surface area contributed by atoms with Gasteiger partial charge in [-0.25, -0.2) is 0 Å². The molecule has 0 bridgehead atoms. The number of carbonyl (C=O) groups is 2. The highest BCUT2D eigenvalue weighted by Gasteiger charge is 2.31. The molecule has 0 fully saturated rings. The van der Waals surface area contributed by atoms with Gasteiger partial charge in [0.15, 0.2) is 6.61 Å². The van der Waals surface area contributed by atoms with E-state index in [1.54, 1.807) is 36.4 Å². The molecular formula is C30H34Cl2N2O5. The summed E-state index contributed by atoms with van der Waals surface area (Å²) in [4.78, 5) is 28.8. The van der Waals surface area contributed by atoms with Crippen LogP contribution in [0.4, 0.5) is 0 Å². The van der Waals surface area contributed by atoms with Crippen molar-refractivity contribution in [2.24, 2.45) is 5.92 Å². The minimum Gasteiger partial charge on any atom is -0.496 e. The van der Waals surface area contributed by atoms with Crippen LogP contribution in [0.3, 0.4) is 0 Å². The predicted molar refractivity (Wildman–Crippen MR) is 154 cm³/mol. The molecule has 3 aromatic carbocycles. The average molecular weight is 574 g/mol. The summed E-state index contributed by atoms with van der Waals surface area (Å²) in [5.74, 6) is 0.984. The van der Waals surface area contributed by atoms with Crippen molar-refractivity contribution in [1.29, 1.82) is 0 Å². The van der Waals surface area contributed by atoms with Gasteiger partial charge in [0.2, 0.25) is 5.91 Å². The Balaban J connectivity index is 1.96. The molecule has 7 nitrogen and oxygen atoms in total. The number of amides is 2. The van der Waals surface area contributed by atoms with Gasteiger partial charge in [0.25, 0.3) is 5.91 Å². The fourth-order valence-electron chi connectivity index (χ4n) is 3.92. The Hall–Kier alpha value is -3.42. The maximum Gasteiger partial charge on any atom is 0.261 e. The van der Waals surface area contributed by atoms with Crippen LogP contribution >= 0.6 is 23.2 Å². The lowest BCUT2D eigenvalue weighted by atomic mass is 10.0. The van der Waals surface area contributed by atoms with E-state index in [1.165, 1.54) is 19.1 Å². The third-order valence-electron chi connectivity index (χ3n) is 6.03. The molecule has 39 heavy (non-hydrogen) atoms. The molecule has 0 spiro atoms. The van der Waals surface area contributed by atoms with Crippen molar-refractivity contribution in [1.82, 2.24) is 10.2 Å². The summed E-state index contributed by atoms with van der Waals surface area (Å²) in [5, 5.41) is 3.79. The lowest BCUT2D eigenvalue weighted by Crippen LogP contribution is -2.52. The number of ether oxygens (including phenoxy) is 3. The number of carbonyl (C=O) groups excluding carboxylic acids is 2. The summed E-state index contributed by atoms with van der Waals surface area (Å²) >= 11 is 13.0. The Bertz CT molecular complexity index is 1210. The fourth-order valence-corrected chi connectivity index (χ4v) is 4.44. The highest BCUT2D eigenvalue weighted by Crippen LogP contribution is 2.29. The van der Waals surface area contributed by atoms with E-state index in [1.807, 2.05) is 44.2 Å². The lowest BCUT2D eigenvalue weighted by Gasteiger charge is -2.32. The Morgan fingerprint density at radius 2 is 1.46 bits per heavy atom. The molecule has 0 aromatic heterocycles. The molecule has 3 rings (SSSR count). The first-order valence-electron chi connectivity index (χ1n) is 12.6. The van der Waals surface area contributed by atoms with Crippen LogP contribution < -0.4 is 19.5 Å². The van der Waals surface area contributed by atoms with Gasteiger partial charge in [-0.05, 0) is 23.6 Å². The Morgan fingerprint density at radius 3 is 2.03 bits per heavy atom. The smallest absolute Gasteiger partial charge is 0.261 e. The van der Waals surface area contributed by atoms with E-state index in [-0.39, 0.29) is 25.0 Å². The van der Waals surface area contributed by atoms with E-state index >= 15 is 0 Å². The molecule has 0 radical (unpaired) electrons. The second-order valence-electron chi connectivity index (χ2n) is 9.40. The maximum atomic E-state index is 13.8. The van der Waals surface area contributed by atoms with Gasteiger partial charge in [0, 0.05) is 53.3 Å². The molecule has 0 saturated carbocycles. The van der Waals surface area contributed by atoms with Crippen LogP contribution in [0.2, 0.25) is 10.0 Å². The van der Waals surface area contributed by atoms with Gasteiger partial charge < -0.3 is 24.4 Å². The Kier molecular flexibility index (Phi) is 11.3. The van der Waals surface area contributed by atoms with Crippen molar-refractivity contribution in [3.05, 3.63) is 87.9 Å². The third kappa shape index (κ3) is 8.80. The zero-order chi connectivity index (χ0) is 28.4. The number of methoxy groups -OCH3 is 2. The average Bonchev–Trinajstić information content (AvgIpc) is 2.93. The summed E-state index contributed by atoms with van der Waals surface area (Å²) in [6, 6.07) is 18.9. The second kappa shape index (κ2) is 14.7. The number of hydrogen-bond acceptors (Lipinski definition) is 5. The summed E-state index contributed by atoms with van der Waals surface area (Å²) in [7, 11) is 3.06. The lowest BCUT2D eigenvalue weighted by molar-refractivity contribution is -0.142. The largest absolute Gasteiger partial charge is 0.496 e. The molecule has 0 saturated heterocycles. The van der Waals surface area contributed by atoms with Gasteiger partial charge in [-0.1, -0.05) is 73.4 Å². The number of benzene rings is 3. The topological polar surface area (TPSA) is 77.1 Å². The van der Waals surface area contributed by atoms with Crippen LogP contribution in [0.1, 0.15) is 25.0 Å². The second-order valence-corrected chi connectivity index (χ2v) is 10.2. The summed E-state index contributed by atoms with van der Waals surface area (Å²) in [6.07, 6.45) is 0.297. The number of rotatable bonds is 13. The molecule has 0 unspecified atom stereocenters. The number of halogens is 2. The van der Waals surface area contributed by atoms with Crippen LogP contribution in [-0.4, -0.2) is 50.1 Å². The zero-order valence-corrected chi connectivity index (χ0v) is 24.1. The molecule has 0 aliphatic carbocycles. The molecule has 2 amide bonds. The van der Waals surface area contributed by atoms with E-state index in [0.29, 0.717) is 45.8 Å². The SMILES string of the molecule is COc1cc(OC)cc(OCC(=O)N(Cc2c(Cl)cccc2Cl)[C@H](Cc2ccccc2)C(=O)NCC(C)C)c1. The highest BCUT2D eigenvalue weighted by molar-refractivity contribution is 6.36. The number of nitrogens with zero attached hydrogens (tertiary/aromatic N) is 1. The fraction of sp³-hybridized carbons (Fsp3) is 0.333. The Morgan fingerprint density at radius 1 is 0.872 bits per heavy atom. The molecule has 9 heteroatoms. The quantitative estimate of drug-likeness (QED) is 0.280. The first-order valence-corrected chi connectivity index (χ1v) is 13.4. The molecule has 0 aliphatic rings. The molecule has 1 atom stereocenters. The van der Waals surface area contributed by atoms with Crippen LogP contribution in [0.25, 0.3) is 0 Å². The number of hydrogen-bond donors (Lipinski definition) is 1. The molecule has 208 valence electrons. The third-order valence-corrected chi connectivity index (χ3v) is 6.74. The Labute approximate surface area is 240 Å². The van der Waals surface area contributed by atoms with Crippen LogP contribution in [0, 0.1) is 5.92 Å². The van der Waals surface area contributed by atoms with Crippen molar-refractivity contribution in [2.75, 3.05) is 27.4 Å². The standard InChI is InChI=1S/C30H34Cl2N2O5/c1-20(2)17-33-30(36)28(13-21-9-6-5-7-10-21)34(18-25-26(31)11-8-12-27(25)32)29(35)19-39-24-15-22(37-3)14-23(16-24)38-4/h5-12,14-16,20,28H,13,17-19H2,1-4H3,(H,33,36)/t28-/m1/s1. The molecule has 1 N–H and O–H groups in total. The van der Waals surface area contributed by atoms with E-state index in [4.69, 9.17) is 37.4 Å². The summed E-state index contributed by atoms with van der Waals surface area (Å²) in [6.45, 7) is 4.18. The molecule has 3 aromatic rings. The van der Waals surface area contributed by atoms with Crippen LogP contribution in [0.15, 0.2) is 66.7 Å². The zero-order valence-electron chi connectivity index (χ0n) is 22.6. The highest BCUT2D eigenvalue weighted by atomic mass is 35.5. The summed E-state index contributed by atoms with van der Waals surface area (Å²) in [5.41, 5.74) is 1.45. The van der Waals surface area contributed by atoms with Gasteiger partial charge in [-0.2, -0.15) is 0 Å². The van der Waals surface area contributed by atoms with Crippen molar-refractivity contribution in [3.8, 4) is 17.2 Å². The van der Waals surface area contributed by atoms with Crippen molar-refractivity contribution < 1.29 is 23.8 Å². The van der Waals surface area contributed by atoms with Gasteiger partial charge in [0.1, 0.15) is 23.3 Å². The number of nitrogens with one attached hydrogen (secondary N) is 1. The first-order chi connectivity index (χ1) is 18.7. The molecule has 0 aliphatic heterocycles. The minimum absolute atomic E-state index is 0.0226. The normalized spacial score (nSPS) is 11.6. The van der Waals surface area contributed by atoms with E-state index in [0.717, 1.165) is 5.56 Å². The molecular weight excluding hydrogens is 539 g/mol.